The van der Waals surface area contributed by atoms with E-state index in [1.54, 1.807) is 0 Å². The Labute approximate surface area is 136 Å². The molecule has 7 heteroatoms. The second-order valence-corrected chi connectivity index (χ2v) is 4.85. The van der Waals surface area contributed by atoms with Gasteiger partial charge in [-0.3, -0.25) is 9.59 Å². The van der Waals surface area contributed by atoms with Crippen molar-refractivity contribution in [3.05, 3.63) is 65.2 Å². The first-order valence-corrected chi connectivity index (χ1v) is 6.90. The van der Waals surface area contributed by atoms with Gasteiger partial charge < -0.3 is 10.1 Å². The zero-order chi connectivity index (χ0) is 17.7. The average Bonchev–Trinajstić information content (AvgIpc) is 2.52. The van der Waals surface area contributed by atoms with E-state index in [1.807, 2.05) is 0 Å². The predicted octanol–water partition coefficient (Wildman–Crippen LogP) is 2.96. The molecule has 0 radical (unpaired) electrons. The summed E-state index contributed by atoms with van der Waals surface area (Å²) in [6.45, 7) is 0.687. The van der Waals surface area contributed by atoms with Gasteiger partial charge in [0.2, 0.25) is 5.91 Å². The van der Waals surface area contributed by atoms with Crippen molar-refractivity contribution in [3.8, 4) is 0 Å². The summed E-state index contributed by atoms with van der Waals surface area (Å²) in [5.74, 6) is -4.18. The first kappa shape index (κ1) is 17.3. The van der Waals surface area contributed by atoms with E-state index in [9.17, 15) is 23.2 Å². The first-order valence-electron chi connectivity index (χ1n) is 6.90. The second kappa shape index (κ2) is 7.45. The van der Waals surface area contributed by atoms with Gasteiger partial charge in [-0.15, -0.1) is 0 Å². The van der Waals surface area contributed by atoms with E-state index in [0.717, 1.165) is 18.2 Å². The van der Waals surface area contributed by atoms with Crippen LogP contribution in [-0.2, 0) is 9.53 Å². The van der Waals surface area contributed by atoms with Crippen molar-refractivity contribution in [3.63, 3.8) is 0 Å². The zero-order valence-electron chi connectivity index (χ0n) is 12.6. The lowest BCUT2D eigenvalue weighted by atomic mass is 10.1. The molecule has 0 heterocycles. The minimum atomic E-state index is -1.26. The molecule has 0 bridgehead atoms. The predicted molar refractivity (Wildman–Crippen MR) is 81.7 cm³/mol. The number of anilines is 1. The van der Waals surface area contributed by atoms with Gasteiger partial charge in [-0.1, -0.05) is 6.07 Å². The summed E-state index contributed by atoms with van der Waals surface area (Å²) in [5.41, 5.74) is -0.110. The molecule has 24 heavy (non-hydrogen) atoms. The second-order valence-electron chi connectivity index (χ2n) is 4.85. The third-order valence-electron chi connectivity index (χ3n) is 3.03. The maximum absolute atomic E-state index is 13.4. The fourth-order valence-corrected chi connectivity index (χ4v) is 1.92. The van der Waals surface area contributed by atoms with Crippen LogP contribution >= 0.6 is 0 Å². The van der Waals surface area contributed by atoms with Crippen LogP contribution in [0.4, 0.5) is 14.5 Å². The number of halogens is 2. The number of rotatable bonds is 5. The summed E-state index contributed by atoms with van der Waals surface area (Å²) in [6.07, 6.45) is 0. The third kappa shape index (κ3) is 4.22. The van der Waals surface area contributed by atoms with Crippen LogP contribution in [0.1, 0.15) is 27.6 Å². The normalized spacial score (nSPS) is 10.1. The molecule has 0 saturated heterocycles. The molecular formula is C17H13F2NO4. The Kier molecular flexibility index (Phi) is 5.36. The molecular weight excluding hydrogens is 320 g/mol. The van der Waals surface area contributed by atoms with Gasteiger partial charge in [0.15, 0.2) is 12.4 Å². The molecule has 0 unspecified atom stereocenters. The Hall–Kier alpha value is -3.09. The van der Waals surface area contributed by atoms with Crippen molar-refractivity contribution in [1.82, 2.24) is 0 Å². The van der Waals surface area contributed by atoms with Crippen molar-refractivity contribution in [1.29, 1.82) is 0 Å². The number of Topliss-reactive ketones (excluding diaryl/α,β-unsaturated/α-hetero) is 1. The molecule has 0 atom stereocenters. The van der Waals surface area contributed by atoms with Crippen molar-refractivity contribution in [2.45, 2.75) is 6.92 Å². The number of esters is 1. The number of carbonyl (C=O) groups is 3. The lowest BCUT2D eigenvalue weighted by Gasteiger charge is -2.07. The van der Waals surface area contributed by atoms with Crippen molar-refractivity contribution < 1.29 is 27.9 Å². The molecule has 2 rings (SSSR count). The van der Waals surface area contributed by atoms with Crippen LogP contribution in [-0.4, -0.2) is 24.3 Å². The van der Waals surface area contributed by atoms with Gasteiger partial charge in [-0.2, -0.15) is 0 Å². The van der Waals surface area contributed by atoms with Crippen LogP contribution in [0.2, 0.25) is 0 Å². The summed E-state index contributed by atoms with van der Waals surface area (Å²) in [5, 5.41) is 2.54. The highest BCUT2D eigenvalue weighted by atomic mass is 19.1. The fraction of sp³-hybridized carbons (Fsp3) is 0.118. The number of hydrogen-bond acceptors (Lipinski definition) is 4. The lowest BCUT2D eigenvalue weighted by Crippen LogP contribution is -2.16. The Morgan fingerprint density at radius 2 is 1.58 bits per heavy atom. The van der Waals surface area contributed by atoms with E-state index < -0.39 is 35.6 Å². The topological polar surface area (TPSA) is 72.5 Å². The van der Waals surface area contributed by atoms with E-state index in [4.69, 9.17) is 0 Å². The summed E-state index contributed by atoms with van der Waals surface area (Å²) in [6, 6.07) is 8.84. The minimum absolute atomic E-state index is 0.228. The number of ketones is 1. The zero-order valence-corrected chi connectivity index (χ0v) is 12.6. The Bertz CT molecular complexity index is 767. The summed E-state index contributed by atoms with van der Waals surface area (Å²) in [7, 11) is 0. The summed E-state index contributed by atoms with van der Waals surface area (Å²) >= 11 is 0. The molecule has 0 aliphatic heterocycles. The molecule has 0 saturated carbocycles. The van der Waals surface area contributed by atoms with E-state index in [-0.39, 0.29) is 11.5 Å². The van der Waals surface area contributed by atoms with Crippen molar-refractivity contribution in [2.75, 3.05) is 11.9 Å². The fourth-order valence-electron chi connectivity index (χ4n) is 1.92. The van der Waals surface area contributed by atoms with E-state index in [0.29, 0.717) is 5.69 Å². The molecule has 1 N–H and O–H groups in total. The molecule has 0 aliphatic rings. The number of hydrogen-bond donors (Lipinski definition) is 1. The smallest absolute Gasteiger partial charge is 0.344 e. The lowest BCUT2D eigenvalue weighted by molar-refractivity contribution is -0.114. The molecule has 2 aromatic carbocycles. The molecule has 0 fully saturated rings. The van der Waals surface area contributed by atoms with Crippen molar-refractivity contribution >= 4 is 23.3 Å². The van der Waals surface area contributed by atoms with Gasteiger partial charge in [0.1, 0.15) is 17.2 Å². The Balaban J connectivity index is 2.00. The molecule has 2 aromatic rings. The number of benzene rings is 2. The highest BCUT2D eigenvalue weighted by Gasteiger charge is 2.19. The number of amides is 1. The van der Waals surface area contributed by atoms with Crippen LogP contribution in [0.15, 0.2) is 42.5 Å². The molecule has 5 nitrogen and oxygen atoms in total. The quantitative estimate of drug-likeness (QED) is 0.674. The number of ether oxygens (including phenoxy) is 1. The number of nitrogens with one attached hydrogen (secondary N) is 1. The molecule has 1 amide bonds. The van der Waals surface area contributed by atoms with Gasteiger partial charge in [0, 0.05) is 18.2 Å². The van der Waals surface area contributed by atoms with Crippen LogP contribution < -0.4 is 5.32 Å². The highest BCUT2D eigenvalue weighted by Crippen LogP contribution is 2.14. The Morgan fingerprint density at radius 3 is 2.12 bits per heavy atom. The maximum atomic E-state index is 13.4. The summed E-state index contributed by atoms with van der Waals surface area (Å²) in [4.78, 5) is 34.5. The van der Waals surface area contributed by atoms with E-state index in [2.05, 4.69) is 10.1 Å². The molecule has 0 aromatic heterocycles. The van der Waals surface area contributed by atoms with Crippen molar-refractivity contribution in [2.24, 2.45) is 0 Å². The average molecular weight is 333 g/mol. The largest absolute Gasteiger partial charge is 0.454 e. The van der Waals surface area contributed by atoms with Crippen LogP contribution in [0, 0.1) is 11.6 Å². The third-order valence-corrected chi connectivity index (χ3v) is 3.03. The van der Waals surface area contributed by atoms with Gasteiger partial charge in [-0.25, -0.2) is 13.6 Å². The Morgan fingerprint density at radius 1 is 1.00 bits per heavy atom. The van der Waals surface area contributed by atoms with Gasteiger partial charge in [0.25, 0.3) is 0 Å². The molecule has 0 spiro atoms. The van der Waals surface area contributed by atoms with Crippen LogP contribution in [0.3, 0.4) is 0 Å². The van der Waals surface area contributed by atoms with E-state index in [1.165, 1.54) is 31.2 Å². The van der Waals surface area contributed by atoms with Crippen LogP contribution in [0.25, 0.3) is 0 Å². The maximum Gasteiger partial charge on any atom is 0.344 e. The van der Waals surface area contributed by atoms with Gasteiger partial charge in [0.05, 0.1) is 0 Å². The van der Waals surface area contributed by atoms with Gasteiger partial charge in [-0.05, 0) is 36.4 Å². The molecule has 124 valence electrons. The van der Waals surface area contributed by atoms with E-state index >= 15 is 0 Å². The highest BCUT2D eigenvalue weighted by molar-refractivity contribution is 6.00. The summed E-state index contributed by atoms with van der Waals surface area (Å²) < 4.78 is 31.5. The molecule has 0 aliphatic carbocycles. The number of carbonyl (C=O) groups excluding carboxylic acids is 3. The SMILES string of the molecule is CC(=O)Nc1ccc(C(=O)COC(=O)c2c(F)cccc2F)cc1. The minimum Gasteiger partial charge on any atom is -0.454 e. The first-order chi connectivity index (χ1) is 11.4. The monoisotopic (exact) mass is 333 g/mol. The van der Waals surface area contributed by atoms with Crippen LogP contribution in [0.5, 0.6) is 0 Å². The van der Waals surface area contributed by atoms with Gasteiger partial charge >= 0.3 is 5.97 Å². The standard InChI is InChI=1S/C17H13F2NO4/c1-10(21)20-12-7-5-11(6-8-12)15(22)9-24-17(23)16-13(18)3-2-4-14(16)19/h2-8H,9H2,1H3,(H,20,21).